The summed E-state index contributed by atoms with van der Waals surface area (Å²) in [5.41, 5.74) is 0.661. The van der Waals surface area contributed by atoms with Crippen molar-refractivity contribution in [3.8, 4) is 0 Å². The van der Waals surface area contributed by atoms with Crippen LogP contribution in [0, 0.1) is 17.9 Å². The maximum Gasteiger partial charge on any atom is 0.334 e. The number of carbonyl (C=O) groups is 1. The van der Waals surface area contributed by atoms with Crippen LogP contribution >= 0.6 is 0 Å². The Balaban J connectivity index is 0.00000147. The third-order valence-electron chi connectivity index (χ3n) is 3.60. The molecule has 0 spiro atoms. The van der Waals surface area contributed by atoms with Gasteiger partial charge in [-0.2, -0.15) is 6.08 Å². The average Bonchev–Trinajstić information content (AvgIpc) is 2.62. The molecule has 4 unspecified atom stereocenters. The molecule has 0 fully saturated rings. The summed E-state index contributed by atoms with van der Waals surface area (Å²) in [6.07, 6.45) is 18.4. The number of methoxy groups -OCH3 is 1. The van der Waals surface area contributed by atoms with Crippen LogP contribution in [0.4, 0.5) is 0 Å². The maximum atomic E-state index is 12.0. The molecule has 4 heteroatoms. The van der Waals surface area contributed by atoms with E-state index in [2.05, 4.69) is 6.08 Å². The van der Waals surface area contributed by atoms with Gasteiger partial charge >= 0.3 is 5.97 Å². The molecule has 0 bridgehead atoms. The molecule has 1 aliphatic heterocycles. The first-order valence-electron chi connectivity index (χ1n) is 6.36. The molecule has 0 saturated heterocycles. The average molecular weight is 344 g/mol. The second-order valence-electron chi connectivity index (χ2n) is 4.74. The molecule has 3 nitrogen and oxygen atoms in total. The van der Waals surface area contributed by atoms with E-state index in [-0.39, 0.29) is 62.7 Å². The molecule has 0 amide bonds. The van der Waals surface area contributed by atoms with Crippen LogP contribution in [0.3, 0.4) is 0 Å². The van der Waals surface area contributed by atoms with Gasteiger partial charge in [0.1, 0.15) is 0 Å². The van der Waals surface area contributed by atoms with Crippen LogP contribution in [-0.4, -0.2) is 25.3 Å². The molecule has 3 rings (SSSR count). The normalized spacial score (nSPS) is 33.4. The van der Waals surface area contributed by atoms with Gasteiger partial charge in [0.15, 0.2) is 0 Å². The quantitative estimate of drug-likeness (QED) is 0.540. The van der Waals surface area contributed by atoms with Crippen LogP contribution in [-0.2, 0) is 47.0 Å². The Labute approximate surface area is 144 Å². The van der Waals surface area contributed by atoms with E-state index in [0.717, 1.165) is 0 Å². The van der Waals surface area contributed by atoms with Crippen LogP contribution in [0.25, 0.3) is 0 Å². The van der Waals surface area contributed by atoms with Crippen molar-refractivity contribution in [2.45, 2.75) is 12.2 Å². The molecule has 1 radical (unpaired) electrons. The monoisotopic (exact) mass is 344 g/mol. The third-order valence-corrected chi connectivity index (χ3v) is 3.60. The van der Waals surface area contributed by atoms with Crippen molar-refractivity contribution in [1.29, 1.82) is 0 Å². The first kappa shape index (κ1) is 15.6. The molecule has 0 aromatic carbocycles. The fourth-order valence-electron chi connectivity index (χ4n) is 2.64. The van der Waals surface area contributed by atoms with Gasteiger partial charge in [-0.3, -0.25) is 6.08 Å². The number of hydrogen-bond donors (Lipinski definition) is 0. The van der Waals surface area contributed by atoms with Crippen LogP contribution in [0.2, 0.25) is 0 Å². The molecule has 0 N–H and O–H groups in total. The molecule has 3 aliphatic rings. The summed E-state index contributed by atoms with van der Waals surface area (Å²) >= 11 is 0. The number of esters is 1. The second kappa shape index (κ2) is 6.79. The Kier molecular flexibility index (Phi) is 5.31. The van der Waals surface area contributed by atoms with Gasteiger partial charge in [0.05, 0.1) is 13.2 Å². The van der Waals surface area contributed by atoms with Crippen molar-refractivity contribution in [3.05, 3.63) is 60.3 Å². The minimum atomic E-state index is -0.290. The van der Waals surface area contributed by atoms with Crippen molar-refractivity contribution in [1.82, 2.24) is 0 Å². The summed E-state index contributed by atoms with van der Waals surface area (Å²) in [5.74, 6) is -0.335. The zero-order valence-electron chi connectivity index (χ0n) is 11.2. The zero-order chi connectivity index (χ0) is 13.2. The largest absolute Gasteiger partial charge is 0.466 e. The molecule has 1 heterocycles. The first-order valence-corrected chi connectivity index (χ1v) is 6.36. The van der Waals surface area contributed by atoms with Crippen molar-refractivity contribution in [2.24, 2.45) is 11.8 Å². The summed E-state index contributed by atoms with van der Waals surface area (Å²) in [4.78, 5) is 12.0. The molecular weight excluding hydrogens is 329 g/mol. The fourth-order valence-corrected chi connectivity index (χ4v) is 2.64. The molecule has 20 heavy (non-hydrogen) atoms. The number of allylic oxidation sites excluding steroid dienone is 4. The van der Waals surface area contributed by atoms with Crippen molar-refractivity contribution >= 4 is 5.97 Å². The number of carbonyl (C=O) groups excluding carboxylic acids is 1. The van der Waals surface area contributed by atoms with Crippen LogP contribution in [0.1, 0.15) is 0 Å². The predicted molar refractivity (Wildman–Crippen MR) is 71.0 cm³/mol. The third kappa shape index (κ3) is 2.95. The van der Waals surface area contributed by atoms with E-state index in [1.165, 1.54) is 7.11 Å². The van der Waals surface area contributed by atoms with Crippen molar-refractivity contribution in [2.75, 3.05) is 7.11 Å². The summed E-state index contributed by atoms with van der Waals surface area (Å²) in [6.45, 7) is 0. The van der Waals surface area contributed by atoms with Gasteiger partial charge in [-0.05, 0) is 5.92 Å². The molecule has 0 aromatic heterocycles. The Morgan fingerprint density at radius 3 is 2.85 bits per heavy atom. The molecule has 0 saturated carbocycles. The second-order valence-corrected chi connectivity index (χ2v) is 4.74. The fraction of sp³-hybridized carbons (Fsp3) is 0.312. The van der Waals surface area contributed by atoms with Crippen molar-refractivity contribution < 1.29 is 47.0 Å². The molecule has 4 atom stereocenters. The minimum Gasteiger partial charge on any atom is -0.466 e. The predicted octanol–water partition coefficient (Wildman–Crippen LogP) is 2.14. The van der Waals surface area contributed by atoms with Crippen LogP contribution in [0.15, 0.2) is 54.2 Å². The van der Waals surface area contributed by atoms with Crippen LogP contribution < -0.4 is 0 Å². The number of hydrogen-bond acceptors (Lipinski definition) is 3. The van der Waals surface area contributed by atoms with E-state index in [0.29, 0.717) is 5.57 Å². The van der Waals surface area contributed by atoms with Gasteiger partial charge < -0.3 is 9.47 Å². The SMILES string of the molecule is COC(=O)C1=CC2C=[C-]C=CC2OC2C=CC=CC12.[Y]. The number of fused-ring (bicyclic) bond motifs is 2. The molecule has 0 aromatic rings. The summed E-state index contributed by atoms with van der Waals surface area (Å²) in [5, 5.41) is 0. The van der Waals surface area contributed by atoms with E-state index in [1.54, 1.807) is 0 Å². The molecule has 2 aliphatic carbocycles. The van der Waals surface area contributed by atoms with E-state index in [4.69, 9.17) is 9.47 Å². The van der Waals surface area contributed by atoms with Gasteiger partial charge in [-0.1, -0.05) is 30.4 Å². The number of rotatable bonds is 1. The van der Waals surface area contributed by atoms with E-state index in [9.17, 15) is 4.79 Å². The van der Waals surface area contributed by atoms with Crippen molar-refractivity contribution in [3.63, 3.8) is 0 Å². The van der Waals surface area contributed by atoms with Gasteiger partial charge in [0, 0.05) is 50.3 Å². The maximum absolute atomic E-state index is 12.0. The Hall–Kier alpha value is -0.766. The van der Waals surface area contributed by atoms with Gasteiger partial charge in [0.2, 0.25) is 0 Å². The van der Waals surface area contributed by atoms with Gasteiger partial charge in [-0.15, -0.1) is 0 Å². The Morgan fingerprint density at radius 2 is 2.05 bits per heavy atom. The van der Waals surface area contributed by atoms with E-state index in [1.807, 2.05) is 48.6 Å². The first-order chi connectivity index (χ1) is 9.29. The standard InChI is InChI=1S/C16H15O3.Y/c1-18-16(17)13-10-11-6-2-4-8-14(11)19-15-9-5-3-7-12(13)15;/h3-12,14-15H,1H3;/q-1;. The summed E-state index contributed by atoms with van der Waals surface area (Å²) in [6, 6.07) is 0. The minimum absolute atomic E-state index is 0. The Bertz CT molecular complexity index is 528. The van der Waals surface area contributed by atoms with Gasteiger partial charge in [0.25, 0.3) is 0 Å². The zero-order valence-corrected chi connectivity index (χ0v) is 14.1. The molecular formula is C16H15O3Y-. The van der Waals surface area contributed by atoms with Gasteiger partial charge in [-0.25, -0.2) is 16.9 Å². The van der Waals surface area contributed by atoms with E-state index >= 15 is 0 Å². The van der Waals surface area contributed by atoms with E-state index < -0.39 is 0 Å². The van der Waals surface area contributed by atoms with Crippen LogP contribution in [0.5, 0.6) is 0 Å². The number of ether oxygens (including phenoxy) is 2. The molecule has 101 valence electrons. The topological polar surface area (TPSA) is 35.5 Å². The summed E-state index contributed by atoms with van der Waals surface area (Å²) < 4.78 is 11.0. The summed E-state index contributed by atoms with van der Waals surface area (Å²) in [7, 11) is 1.41. The Morgan fingerprint density at radius 1 is 1.25 bits per heavy atom. The smallest absolute Gasteiger partial charge is 0.334 e.